The summed E-state index contributed by atoms with van der Waals surface area (Å²) in [4.78, 5) is 30.4. The molecule has 0 aliphatic heterocycles. The first kappa shape index (κ1) is 16.4. The van der Waals surface area contributed by atoms with E-state index >= 15 is 0 Å². The third kappa shape index (κ3) is 2.71. The molecule has 8 heteroatoms. The second kappa shape index (κ2) is 6.45. The van der Waals surface area contributed by atoms with Crippen LogP contribution in [0.5, 0.6) is 0 Å². The number of rotatable bonds is 6. The molecule has 0 radical (unpaired) electrons. The molecule has 1 atom stereocenters. The normalized spacial score (nSPS) is 13.2. The van der Waals surface area contributed by atoms with Crippen LogP contribution < -0.4 is 11.2 Å². The standard InChI is InChI=1S/C14H23N5O3/c1-5-10(8-20)16(2)6-7-19-9-15-12-11(19)13(21)18(4)14(22)17(12)3/h9-10,20H,5-8H2,1-4H3/t10-/m0/s1. The molecule has 0 saturated heterocycles. The Kier molecular flexibility index (Phi) is 4.82. The van der Waals surface area contributed by atoms with E-state index in [1.54, 1.807) is 17.9 Å². The Morgan fingerprint density at radius 2 is 2.00 bits per heavy atom. The molecule has 2 rings (SSSR count). The van der Waals surface area contributed by atoms with Crippen molar-refractivity contribution in [2.24, 2.45) is 14.1 Å². The number of hydrogen-bond donors (Lipinski definition) is 1. The molecule has 2 aromatic heterocycles. The maximum absolute atomic E-state index is 12.3. The minimum absolute atomic E-state index is 0.0991. The molecule has 22 heavy (non-hydrogen) atoms. The number of aliphatic hydroxyl groups is 1. The van der Waals surface area contributed by atoms with Crippen molar-refractivity contribution < 1.29 is 5.11 Å². The summed E-state index contributed by atoms with van der Waals surface area (Å²) in [6, 6.07) is 0.0991. The Morgan fingerprint density at radius 1 is 1.32 bits per heavy atom. The van der Waals surface area contributed by atoms with Crippen LogP contribution >= 0.6 is 0 Å². The first-order chi connectivity index (χ1) is 10.4. The average Bonchev–Trinajstić information content (AvgIpc) is 2.94. The van der Waals surface area contributed by atoms with Crippen LogP contribution in [0.3, 0.4) is 0 Å². The van der Waals surface area contributed by atoms with Gasteiger partial charge in [0.25, 0.3) is 5.56 Å². The number of aryl methyl sites for hydroxylation is 1. The van der Waals surface area contributed by atoms with Crippen molar-refractivity contribution in [1.29, 1.82) is 0 Å². The van der Waals surface area contributed by atoms with Crippen LogP contribution in [0, 0.1) is 0 Å². The highest BCUT2D eigenvalue weighted by atomic mass is 16.3. The molecule has 0 aliphatic carbocycles. The summed E-state index contributed by atoms with van der Waals surface area (Å²) in [7, 11) is 5.01. The van der Waals surface area contributed by atoms with Gasteiger partial charge in [0.05, 0.1) is 12.9 Å². The molecule has 1 N–H and O–H groups in total. The van der Waals surface area contributed by atoms with Gasteiger partial charge in [-0.25, -0.2) is 9.78 Å². The van der Waals surface area contributed by atoms with Gasteiger partial charge >= 0.3 is 5.69 Å². The summed E-state index contributed by atoms with van der Waals surface area (Å²) in [5, 5.41) is 9.32. The summed E-state index contributed by atoms with van der Waals surface area (Å²) in [5.74, 6) is 0. The van der Waals surface area contributed by atoms with Crippen molar-refractivity contribution in [2.45, 2.75) is 25.9 Å². The van der Waals surface area contributed by atoms with E-state index < -0.39 is 0 Å². The summed E-state index contributed by atoms with van der Waals surface area (Å²) in [5.41, 5.74) is 0.0960. The maximum atomic E-state index is 12.3. The monoisotopic (exact) mass is 309 g/mol. The van der Waals surface area contributed by atoms with Crippen molar-refractivity contribution in [1.82, 2.24) is 23.6 Å². The van der Waals surface area contributed by atoms with Crippen molar-refractivity contribution in [2.75, 3.05) is 20.2 Å². The minimum atomic E-state index is -0.383. The molecule has 0 spiro atoms. The smallest absolute Gasteiger partial charge is 0.332 e. The fraction of sp³-hybridized carbons (Fsp3) is 0.643. The largest absolute Gasteiger partial charge is 0.395 e. The third-order valence-corrected chi connectivity index (χ3v) is 4.22. The topological polar surface area (TPSA) is 85.3 Å². The summed E-state index contributed by atoms with van der Waals surface area (Å²) in [6.07, 6.45) is 2.44. The lowest BCUT2D eigenvalue weighted by molar-refractivity contribution is 0.140. The van der Waals surface area contributed by atoms with E-state index in [2.05, 4.69) is 9.88 Å². The number of hydrogen-bond acceptors (Lipinski definition) is 5. The maximum Gasteiger partial charge on any atom is 0.332 e. The Labute approximate surface area is 128 Å². The molecule has 2 aromatic rings. The van der Waals surface area contributed by atoms with Gasteiger partial charge < -0.3 is 9.67 Å². The number of aromatic nitrogens is 4. The van der Waals surface area contributed by atoms with E-state index in [9.17, 15) is 14.7 Å². The minimum Gasteiger partial charge on any atom is -0.395 e. The van der Waals surface area contributed by atoms with E-state index in [1.165, 1.54) is 11.6 Å². The van der Waals surface area contributed by atoms with Crippen LogP contribution in [0.2, 0.25) is 0 Å². The zero-order valence-corrected chi connectivity index (χ0v) is 13.5. The lowest BCUT2D eigenvalue weighted by Gasteiger charge is -2.25. The fourth-order valence-corrected chi connectivity index (χ4v) is 2.59. The number of nitrogens with zero attached hydrogens (tertiary/aromatic N) is 5. The molecule has 0 amide bonds. The lowest BCUT2D eigenvalue weighted by Crippen LogP contribution is -2.38. The lowest BCUT2D eigenvalue weighted by atomic mass is 10.2. The molecule has 0 aromatic carbocycles. The number of fused-ring (bicyclic) bond motifs is 1. The molecule has 0 fully saturated rings. The van der Waals surface area contributed by atoms with Gasteiger partial charge in [-0.1, -0.05) is 6.92 Å². The Bertz CT molecular complexity index is 769. The van der Waals surface area contributed by atoms with Crippen molar-refractivity contribution in [3.05, 3.63) is 27.2 Å². The van der Waals surface area contributed by atoms with Crippen LogP contribution in [-0.4, -0.2) is 54.9 Å². The van der Waals surface area contributed by atoms with Crippen molar-refractivity contribution >= 4 is 11.2 Å². The number of aliphatic hydroxyl groups excluding tert-OH is 1. The van der Waals surface area contributed by atoms with Gasteiger partial charge in [0.1, 0.15) is 0 Å². The highest BCUT2D eigenvalue weighted by Crippen LogP contribution is 2.07. The Morgan fingerprint density at radius 3 is 2.59 bits per heavy atom. The second-order valence-electron chi connectivity index (χ2n) is 5.54. The first-order valence-corrected chi connectivity index (χ1v) is 7.34. The van der Waals surface area contributed by atoms with Gasteiger partial charge in [-0.3, -0.25) is 18.8 Å². The predicted molar refractivity (Wildman–Crippen MR) is 84.0 cm³/mol. The first-order valence-electron chi connectivity index (χ1n) is 7.34. The quantitative estimate of drug-likeness (QED) is 0.750. The average molecular weight is 309 g/mol. The van der Waals surface area contributed by atoms with Gasteiger partial charge in [0, 0.05) is 33.2 Å². The van der Waals surface area contributed by atoms with Gasteiger partial charge in [-0.15, -0.1) is 0 Å². The summed E-state index contributed by atoms with van der Waals surface area (Å²) in [6.45, 7) is 3.37. The Hall–Kier alpha value is -1.93. The van der Waals surface area contributed by atoms with E-state index in [0.717, 1.165) is 11.0 Å². The van der Waals surface area contributed by atoms with E-state index in [1.807, 2.05) is 14.0 Å². The molecule has 0 aliphatic rings. The number of likely N-dealkylation sites (N-methyl/N-ethyl adjacent to an activating group) is 1. The summed E-state index contributed by atoms with van der Waals surface area (Å²) < 4.78 is 4.23. The molecule has 122 valence electrons. The summed E-state index contributed by atoms with van der Waals surface area (Å²) >= 11 is 0. The fourth-order valence-electron chi connectivity index (χ4n) is 2.59. The van der Waals surface area contributed by atoms with Gasteiger partial charge in [0.15, 0.2) is 11.2 Å². The molecule has 0 saturated carbocycles. The molecule has 2 heterocycles. The van der Waals surface area contributed by atoms with Gasteiger partial charge in [-0.05, 0) is 13.5 Å². The number of imidazole rings is 1. The van der Waals surface area contributed by atoms with Crippen LogP contribution in [0.1, 0.15) is 13.3 Å². The van der Waals surface area contributed by atoms with Crippen LogP contribution in [0.15, 0.2) is 15.9 Å². The highest BCUT2D eigenvalue weighted by molar-refractivity contribution is 5.69. The third-order valence-electron chi connectivity index (χ3n) is 4.22. The zero-order chi connectivity index (χ0) is 16.4. The van der Waals surface area contributed by atoms with Gasteiger partial charge in [0.2, 0.25) is 0 Å². The molecule has 0 bridgehead atoms. The molecule has 0 unspecified atom stereocenters. The predicted octanol–water partition coefficient (Wildman–Crippen LogP) is -0.864. The van der Waals surface area contributed by atoms with E-state index in [4.69, 9.17) is 0 Å². The molecular weight excluding hydrogens is 286 g/mol. The van der Waals surface area contributed by atoms with Crippen LogP contribution in [-0.2, 0) is 20.6 Å². The van der Waals surface area contributed by atoms with E-state index in [-0.39, 0.29) is 23.9 Å². The molecule has 8 nitrogen and oxygen atoms in total. The second-order valence-corrected chi connectivity index (χ2v) is 5.54. The van der Waals surface area contributed by atoms with Crippen molar-refractivity contribution in [3.8, 4) is 0 Å². The van der Waals surface area contributed by atoms with Crippen LogP contribution in [0.25, 0.3) is 11.2 Å². The zero-order valence-electron chi connectivity index (χ0n) is 13.5. The Balaban J connectivity index is 2.34. The van der Waals surface area contributed by atoms with E-state index in [0.29, 0.717) is 24.3 Å². The molecular formula is C14H23N5O3. The van der Waals surface area contributed by atoms with Crippen LogP contribution in [0.4, 0.5) is 0 Å². The van der Waals surface area contributed by atoms with Crippen molar-refractivity contribution in [3.63, 3.8) is 0 Å². The SMILES string of the molecule is CC[C@@H](CO)N(C)CCn1cnc2c1c(=O)n(C)c(=O)n2C. The van der Waals surface area contributed by atoms with Gasteiger partial charge in [-0.2, -0.15) is 0 Å². The highest BCUT2D eigenvalue weighted by Gasteiger charge is 2.16.